The molecule has 1 N–H and O–H groups in total. The SMILES string of the molecule is CC1S[C@@H](COC(=O)c2ccc3ccccc3c2)C[C@@H]1F.O=C(O)c1ccc2ccccc2c1. The number of carbonyl (C=O) groups excluding carboxylic acids is 1. The van der Waals surface area contributed by atoms with E-state index in [1.54, 1.807) is 30.0 Å². The zero-order valence-corrected chi connectivity index (χ0v) is 19.5. The van der Waals surface area contributed by atoms with Crippen molar-refractivity contribution in [2.75, 3.05) is 6.61 Å². The molecule has 1 aliphatic heterocycles. The van der Waals surface area contributed by atoms with Gasteiger partial charge in [0.1, 0.15) is 12.8 Å². The number of aromatic carboxylic acids is 1. The highest BCUT2D eigenvalue weighted by atomic mass is 32.2. The molecular formula is C28H25FO4S. The van der Waals surface area contributed by atoms with E-state index in [-0.39, 0.29) is 23.1 Å². The number of benzene rings is 4. The van der Waals surface area contributed by atoms with Crippen molar-refractivity contribution in [3.05, 3.63) is 96.1 Å². The molecule has 6 heteroatoms. The van der Waals surface area contributed by atoms with Gasteiger partial charge in [-0.1, -0.05) is 67.6 Å². The van der Waals surface area contributed by atoms with E-state index in [2.05, 4.69) is 0 Å². The van der Waals surface area contributed by atoms with E-state index in [0.29, 0.717) is 17.5 Å². The number of esters is 1. The number of hydrogen-bond acceptors (Lipinski definition) is 4. The summed E-state index contributed by atoms with van der Waals surface area (Å²) in [6.07, 6.45) is -0.323. The summed E-state index contributed by atoms with van der Waals surface area (Å²) in [5, 5.41) is 12.9. The fourth-order valence-electron chi connectivity index (χ4n) is 3.89. The number of halogens is 1. The molecule has 0 spiro atoms. The summed E-state index contributed by atoms with van der Waals surface area (Å²) in [7, 11) is 0. The minimum absolute atomic E-state index is 0.00521. The van der Waals surface area contributed by atoms with Crippen molar-refractivity contribution in [1.82, 2.24) is 0 Å². The number of carbonyl (C=O) groups is 2. The van der Waals surface area contributed by atoms with Crippen molar-refractivity contribution in [1.29, 1.82) is 0 Å². The third-order valence-electron chi connectivity index (χ3n) is 5.79. The molecule has 1 saturated heterocycles. The lowest BCUT2D eigenvalue weighted by atomic mass is 10.1. The van der Waals surface area contributed by atoms with Gasteiger partial charge >= 0.3 is 11.9 Å². The first-order valence-corrected chi connectivity index (χ1v) is 12.0. The monoisotopic (exact) mass is 476 g/mol. The molecule has 0 aliphatic carbocycles. The van der Waals surface area contributed by atoms with Gasteiger partial charge in [-0.05, 0) is 52.2 Å². The van der Waals surface area contributed by atoms with E-state index in [1.807, 2.05) is 73.7 Å². The summed E-state index contributed by atoms with van der Waals surface area (Å²) >= 11 is 1.56. The van der Waals surface area contributed by atoms with Gasteiger partial charge in [0.05, 0.1) is 11.1 Å². The van der Waals surface area contributed by atoms with Gasteiger partial charge in [0.25, 0.3) is 0 Å². The van der Waals surface area contributed by atoms with Crippen LogP contribution in [0.2, 0.25) is 0 Å². The van der Waals surface area contributed by atoms with Crippen LogP contribution in [0.3, 0.4) is 0 Å². The number of hydrogen-bond donors (Lipinski definition) is 1. The summed E-state index contributed by atoms with van der Waals surface area (Å²) in [6, 6.07) is 26.2. The highest BCUT2D eigenvalue weighted by Gasteiger charge is 2.32. The number of ether oxygens (including phenoxy) is 1. The van der Waals surface area contributed by atoms with Crippen LogP contribution in [-0.2, 0) is 4.74 Å². The number of carboxylic acids is 1. The number of fused-ring (bicyclic) bond motifs is 2. The summed E-state index contributed by atoms with van der Waals surface area (Å²) in [4.78, 5) is 22.7. The summed E-state index contributed by atoms with van der Waals surface area (Å²) < 4.78 is 18.8. The second kappa shape index (κ2) is 10.7. The number of thioether (sulfide) groups is 1. The number of rotatable bonds is 4. The highest BCUT2D eigenvalue weighted by Crippen LogP contribution is 2.35. The van der Waals surface area contributed by atoms with Crippen LogP contribution in [0.1, 0.15) is 34.1 Å². The Morgan fingerprint density at radius 2 is 1.41 bits per heavy atom. The van der Waals surface area contributed by atoms with Crippen LogP contribution in [0, 0.1) is 0 Å². The average molecular weight is 477 g/mol. The van der Waals surface area contributed by atoms with Crippen molar-refractivity contribution in [2.24, 2.45) is 0 Å². The smallest absolute Gasteiger partial charge is 0.338 e. The van der Waals surface area contributed by atoms with Gasteiger partial charge in [-0.3, -0.25) is 0 Å². The lowest BCUT2D eigenvalue weighted by Crippen LogP contribution is -2.15. The van der Waals surface area contributed by atoms with Crippen molar-refractivity contribution < 1.29 is 23.8 Å². The molecule has 1 unspecified atom stereocenters. The summed E-state index contributed by atoms with van der Waals surface area (Å²) in [5.41, 5.74) is 0.875. The van der Waals surface area contributed by atoms with Crippen molar-refractivity contribution in [3.63, 3.8) is 0 Å². The van der Waals surface area contributed by atoms with Gasteiger partial charge in [0.15, 0.2) is 0 Å². The zero-order chi connectivity index (χ0) is 24.1. The first kappa shape index (κ1) is 23.8. The van der Waals surface area contributed by atoms with Crippen LogP contribution in [-0.4, -0.2) is 40.3 Å². The maximum absolute atomic E-state index is 13.4. The van der Waals surface area contributed by atoms with Crippen molar-refractivity contribution in [2.45, 2.75) is 30.0 Å². The Bertz CT molecular complexity index is 1310. The third kappa shape index (κ3) is 5.75. The van der Waals surface area contributed by atoms with Crippen LogP contribution in [0.5, 0.6) is 0 Å². The van der Waals surface area contributed by atoms with Crippen LogP contribution < -0.4 is 0 Å². The molecule has 1 heterocycles. The summed E-state index contributed by atoms with van der Waals surface area (Å²) in [5.74, 6) is -1.22. The minimum atomic E-state index is -0.884. The van der Waals surface area contributed by atoms with Gasteiger partial charge in [0, 0.05) is 10.5 Å². The van der Waals surface area contributed by atoms with E-state index in [4.69, 9.17) is 9.84 Å². The van der Waals surface area contributed by atoms with E-state index >= 15 is 0 Å². The maximum Gasteiger partial charge on any atom is 0.338 e. The molecule has 0 bridgehead atoms. The predicted molar refractivity (Wildman–Crippen MR) is 135 cm³/mol. The first-order valence-electron chi connectivity index (χ1n) is 11.1. The molecule has 3 atom stereocenters. The molecule has 0 aromatic heterocycles. The van der Waals surface area contributed by atoms with Crippen LogP contribution in [0.25, 0.3) is 21.5 Å². The molecule has 5 rings (SSSR count). The lowest BCUT2D eigenvalue weighted by molar-refractivity contribution is 0.0501. The molecule has 174 valence electrons. The Morgan fingerprint density at radius 3 is 1.94 bits per heavy atom. The lowest BCUT2D eigenvalue weighted by Gasteiger charge is -2.10. The normalized spacial score (nSPS) is 19.4. The molecule has 1 aliphatic rings. The molecule has 4 aromatic rings. The minimum Gasteiger partial charge on any atom is -0.478 e. The van der Waals surface area contributed by atoms with Crippen molar-refractivity contribution >= 4 is 45.2 Å². The molecule has 4 aromatic carbocycles. The first-order chi connectivity index (χ1) is 16.4. The van der Waals surface area contributed by atoms with Gasteiger partial charge in [-0.15, -0.1) is 11.8 Å². The Kier molecular flexibility index (Phi) is 7.48. The molecule has 1 fully saturated rings. The van der Waals surface area contributed by atoms with Crippen LogP contribution in [0.4, 0.5) is 4.39 Å². The molecular weight excluding hydrogens is 451 g/mol. The quantitative estimate of drug-likeness (QED) is 0.330. The highest BCUT2D eigenvalue weighted by molar-refractivity contribution is 8.00. The molecule has 34 heavy (non-hydrogen) atoms. The fraction of sp³-hybridized carbons (Fsp3) is 0.214. The van der Waals surface area contributed by atoms with Gasteiger partial charge in [-0.2, -0.15) is 0 Å². The van der Waals surface area contributed by atoms with Gasteiger partial charge in [0.2, 0.25) is 0 Å². The molecule has 4 nitrogen and oxygen atoms in total. The summed E-state index contributed by atoms with van der Waals surface area (Å²) in [6.45, 7) is 2.15. The van der Waals surface area contributed by atoms with Gasteiger partial charge < -0.3 is 9.84 Å². The second-order valence-corrected chi connectivity index (χ2v) is 9.92. The molecule has 0 amide bonds. The second-order valence-electron chi connectivity index (χ2n) is 8.24. The number of alkyl halides is 1. The van der Waals surface area contributed by atoms with E-state index in [0.717, 1.165) is 21.5 Å². The van der Waals surface area contributed by atoms with Gasteiger partial charge in [-0.25, -0.2) is 14.0 Å². The Balaban J connectivity index is 0.000000180. The maximum atomic E-state index is 13.4. The predicted octanol–water partition coefficient (Wildman–Crippen LogP) is 6.77. The fourth-order valence-corrected chi connectivity index (χ4v) is 5.22. The van der Waals surface area contributed by atoms with Crippen molar-refractivity contribution in [3.8, 4) is 0 Å². The van der Waals surface area contributed by atoms with E-state index < -0.39 is 12.1 Å². The third-order valence-corrected chi connectivity index (χ3v) is 7.22. The molecule has 0 saturated carbocycles. The van der Waals surface area contributed by atoms with Crippen LogP contribution in [0.15, 0.2) is 84.9 Å². The van der Waals surface area contributed by atoms with E-state index in [1.165, 1.54) is 0 Å². The average Bonchev–Trinajstić information content (AvgIpc) is 3.19. The Hall–Kier alpha value is -3.38. The Labute approximate surface area is 201 Å². The standard InChI is InChI=1S/C17H17FO2S.C11H8O2/c1-11-16(18)9-15(21-11)10-20-17(19)14-7-6-12-4-2-3-5-13(12)8-14;12-11(13)10-6-5-8-3-1-2-4-9(8)7-10/h2-8,11,15-16H,9-10H2,1H3;1-7H,(H,12,13)/t11?,15-,16+;/m1./s1. The zero-order valence-electron chi connectivity index (χ0n) is 18.7. The van der Waals surface area contributed by atoms with Crippen LogP contribution >= 0.6 is 11.8 Å². The topological polar surface area (TPSA) is 63.6 Å². The Morgan fingerprint density at radius 1 is 0.882 bits per heavy atom. The molecule has 0 radical (unpaired) electrons. The largest absolute Gasteiger partial charge is 0.478 e. The number of carboxylic acid groups (broad SMARTS) is 1. The van der Waals surface area contributed by atoms with E-state index in [9.17, 15) is 14.0 Å².